The molecule has 0 aliphatic carbocycles. The van der Waals surface area contributed by atoms with Crippen LogP contribution in [0.1, 0.15) is 10.4 Å². The number of amides is 1. The first-order valence-corrected chi connectivity index (χ1v) is 9.48. The first kappa shape index (κ1) is 17.3. The van der Waals surface area contributed by atoms with Crippen LogP contribution in [-0.2, 0) is 0 Å². The molecule has 4 heteroatoms. The second-order valence-electron chi connectivity index (χ2n) is 6.11. The monoisotopic (exact) mass is 370 g/mol. The summed E-state index contributed by atoms with van der Waals surface area (Å²) in [6.45, 7) is 0. The molecule has 4 aromatic carbocycles. The number of hydrogen-bond acceptors (Lipinski definition) is 3. The number of hydrogen-bond donors (Lipinski definition) is 2. The van der Waals surface area contributed by atoms with Crippen molar-refractivity contribution in [1.29, 1.82) is 0 Å². The molecule has 132 valence electrons. The lowest BCUT2D eigenvalue weighted by molar-refractivity contribution is 0.0947. The summed E-state index contributed by atoms with van der Waals surface area (Å²) in [4.78, 5) is 16.4. The van der Waals surface area contributed by atoms with Crippen LogP contribution in [-0.4, -0.2) is 5.91 Å². The van der Waals surface area contributed by atoms with E-state index in [2.05, 4.69) is 34.5 Å². The highest BCUT2D eigenvalue weighted by molar-refractivity contribution is 7.97. The maximum Gasteiger partial charge on any atom is 0.266 e. The van der Waals surface area contributed by atoms with Crippen LogP contribution < -0.4 is 10.3 Å². The van der Waals surface area contributed by atoms with E-state index in [-0.39, 0.29) is 5.91 Å². The van der Waals surface area contributed by atoms with Gasteiger partial charge in [-0.3, -0.25) is 10.2 Å². The second kappa shape index (κ2) is 8.08. The molecule has 0 spiro atoms. The summed E-state index contributed by atoms with van der Waals surface area (Å²) >= 11 is 1.38. The minimum Gasteiger partial charge on any atom is -0.277 e. The molecule has 27 heavy (non-hydrogen) atoms. The number of rotatable bonds is 5. The van der Waals surface area contributed by atoms with Crippen molar-refractivity contribution >= 4 is 28.6 Å². The molecule has 0 saturated carbocycles. The average molecular weight is 370 g/mol. The summed E-state index contributed by atoms with van der Waals surface area (Å²) < 4.78 is 0. The summed E-state index contributed by atoms with van der Waals surface area (Å²) in [5.41, 5.74) is 5.47. The molecule has 0 aliphatic rings. The quantitative estimate of drug-likeness (QED) is 0.363. The number of fused-ring (bicyclic) bond motifs is 1. The van der Waals surface area contributed by atoms with E-state index in [4.69, 9.17) is 0 Å². The average Bonchev–Trinajstić information content (AvgIpc) is 2.74. The molecule has 0 fully saturated rings. The summed E-state index contributed by atoms with van der Waals surface area (Å²) in [6, 6.07) is 32.0. The van der Waals surface area contributed by atoms with Gasteiger partial charge in [-0.05, 0) is 58.1 Å². The minimum atomic E-state index is -0.166. The van der Waals surface area contributed by atoms with Gasteiger partial charge in [-0.2, -0.15) is 4.83 Å². The zero-order valence-electron chi connectivity index (χ0n) is 14.6. The van der Waals surface area contributed by atoms with Crippen molar-refractivity contribution in [2.24, 2.45) is 0 Å². The van der Waals surface area contributed by atoms with Gasteiger partial charge >= 0.3 is 0 Å². The molecule has 0 aromatic heterocycles. The fraction of sp³-hybridized carbons (Fsp3) is 0. The Morgan fingerprint density at radius 2 is 1.41 bits per heavy atom. The third kappa shape index (κ3) is 4.19. The number of benzene rings is 4. The molecule has 0 bridgehead atoms. The van der Waals surface area contributed by atoms with Gasteiger partial charge in [0, 0.05) is 10.5 Å². The predicted molar refractivity (Wildman–Crippen MR) is 112 cm³/mol. The smallest absolute Gasteiger partial charge is 0.266 e. The molecule has 0 radical (unpaired) electrons. The van der Waals surface area contributed by atoms with E-state index in [1.807, 2.05) is 72.8 Å². The highest BCUT2D eigenvalue weighted by Gasteiger charge is 2.07. The first-order valence-electron chi connectivity index (χ1n) is 8.66. The summed E-state index contributed by atoms with van der Waals surface area (Å²) in [6.07, 6.45) is 0. The molecular formula is C23H18N2OS. The normalized spacial score (nSPS) is 10.7. The molecule has 3 nitrogen and oxygen atoms in total. The maximum absolute atomic E-state index is 12.4. The second-order valence-corrected chi connectivity index (χ2v) is 6.99. The van der Waals surface area contributed by atoms with Gasteiger partial charge in [-0.1, -0.05) is 72.8 Å². The summed E-state index contributed by atoms with van der Waals surface area (Å²) in [5, 5.41) is 2.37. The Morgan fingerprint density at radius 3 is 2.26 bits per heavy atom. The van der Waals surface area contributed by atoms with Crippen molar-refractivity contribution in [3.8, 4) is 11.1 Å². The standard InChI is InChI=1S/C23H18N2OS/c26-23(21-12-6-11-19(15-21)17-7-2-1-3-8-17)24-25-27-22-14-13-18-9-4-5-10-20(18)16-22/h1-16,25H,(H,24,26). The maximum atomic E-state index is 12.4. The van der Waals surface area contributed by atoms with E-state index in [9.17, 15) is 4.79 Å². The molecule has 4 rings (SSSR count). The zero-order chi connectivity index (χ0) is 18.5. The van der Waals surface area contributed by atoms with E-state index in [1.54, 1.807) is 0 Å². The SMILES string of the molecule is O=C(NNSc1ccc2ccccc2c1)c1cccc(-c2ccccc2)c1. The van der Waals surface area contributed by atoms with Gasteiger partial charge in [0.05, 0.1) is 0 Å². The van der Waals surface area contributed by atoms with Crippen LogP contribution in [0.4, 0.5) is 0 Å². The van der Waals surface area contributed by atoms with Gasteiger partial charge in [-0.25, -0.2) is 0 Å². The zero-order valence-corrected chi connectivity index (χ0v) is 15.4. The van der Waals surface area contributed by atoms with E-state index in [0.717, 1.165) is 16.0 Å². The van der Waals surface area contributed by atoms with Crippen molar-refractivity contribution in [2.45, 2.75) is 4.90 Å². The lowest BCUT2D eigenvalue weighted by Crippen LogP contribution is -2.32. The largest absolute Gasteiger partial charge is 0.277 e. The fourth-order valence-corrected chi connectivity index (χ4v) is 3.49. The molecule has 4 aromatic rings. The van der Waals surface area contributed by atoms with Crippen LogP contribution in [0.2, 0.25) is 0 Å². The number of hydrazine groups is 1. The van der Waals surface area contributed by atoms with Gasteiger partial charge < -0.3 is 0 Å². The predicted octanol–water partition coefficient (Wildman–Crippen LogP) is 5.45. The Morgan fingerprint density at radius 1 is 0.667 bits per heavy atom. The topological polar surface area (TPSA) is 41.1 Å². The molecule has 2 N–H and O–H groups in total. The Bertz CT molecular complexity index is 1080. The van der Waals surface area contributed by atoms with E-state index in [1.165, 1.54) is 22.7 Å². The van der Waals surface area contributed by atoms with Crippen LogP contribution in [0.25, 0.3) is 21.9 Å². The molecular weight excluding hydrogens is 352 g/mol. The Balaban J connectivity index is 1.40. The molecule has 0 unspecified atom stereocenters. The van der Waals surface area contributed by atoms with Crippen LogP contribution in [0, 0.1) is 0 Å². The van der Waals surface area contributed by atoms with Gasteiger partial charge in [0.2, 0.25) is 0 Å². The van der Waals surface area contributed by atoms with E-state index < -0.39 is 0 Å². The van der Waals surface area contributed by atoms with Crippen LogP contribution in [0.5, 0.6) is 0 Å². The Hall–Kier alpha value is -3.08. The van der Waals surface area contributed by atoms with Crippen molar-refractivity contribution in [3.05, 3.63) is 103 Å². The molecule has 0 atom stereocenters. The van der Waals surface area contributed by atoms with Gasteiger partial charge in [0.1, 0.15) is 0 Å². The Labute approximate surface area is 162 Å². The van der Waals surface area contributed by atoms with Gasteiger partial charge in [-0.15, -0.1) is 0 Å². The van der Waals surface area contributed by atoms with E-state index in [0.29, 0.717) is 5.56 Å². The molecule has 0 saturated heterocycles. The lowest BCUT2D eigenvalue weighted by Gasteiger charge is -2.09. The van der Waals surface area contributed by atoms with Crippen molar-refractivity contribution < 1.29 is 4.79 Å². The minimum absolute atomic E-state index is 0.166. The number of carbonyl (C=O) groups excluding carboxylic acids is 1. The van der Waals surface area contributed by atoms with E-state index >= 15 is 0 Å². The van der Waals surface area contributed by atoms with Gasteiger partial charge in [0.25, 0.3) is 5.91 Å². The van der Waals surface area contributed by atoms with Crippen molar-refractivity contribution in [3.63, 3.8) is 0 Å². The third-order valence-electron chi connectivity index (χ3n) is 4.29. The van der Waals surface area contributed by atoms with Crippen molar-refractivity contribution in [1.82, 2.24) is 10.3 Å². The number of nitrogens with one attached hydrogen (secondary N) is 2. The highest BCUT2D eigenvalue weighted by atomic mass is 32.2. The number of carbonyl (C=O) groups is 1. The molecule has 1 amide bonds. The Kier molecular flexibility index (Phi) is 5.19. The van der Waals surface area contributed by atoms with Crippen LogP contribution in [0.3, 0.4) is 0 Å². The van der Waals surface area contributed by atoms with Crippen LogP contribution >= 0.6 is 11.9 Å². The molecule has 0 aliphatic heterocycles. The third-order valence-corrected chi connectivity index (χ3v) is 4.98. The first-order chi connectivity index (χ1) is 13.3. The highest BCUT2D eigenvalue weighted by Crippen LogP contribution is 2.22. The van der Waals surface area contributed by atoms with Gasteiger partial charge in [0.15, 0.2) is 0 Å². The van der Waals surface area contributed by atoms with Crippen LogP contribution in [0.15, 0.2) is 102 Å². The summed E-state index contributed by atoms with van der Waals surface area (Å²) in [5.74, 6) is -0.166. The molecule has 0 heterocycles. The lowest BCUT2D eigenvalue weighted by atomic mass is 10.0. The fourth-order valence-electron chi connectivity index (χ4n) is 2.90. The summed E-state index contributed by atoms with van der Waals surface area (Å²) in [7, 11) is 0. The van der Waals surface area contributed by atoms with Crippen molar-refractivity contribution in [2.75, 3.05) is 0 Å².